The van der Waals surface area contributed by atoms with Crippen LogP contribution in [0.3, 0.4) is 0 Å². The van der Waals surface area contributed by atoms with Crippen LogP contribution in [0.2, 0.25) is 0 Å². The van der Waals surface area contributed by atoms with Gasteiger partial charge < -0.3 is 14.2 Å². The zero-order valence-electron chi connectivity index (χ0n) is 13.9. The minimum atomic E-state index is -2.33. The molecule has 0 aromatic heterocycles. The molecule has 11 heteroatoms. The van der Waals surface area contributed by atoms with Crippen LogP contribution in [0.5, 0.6) is 5.75 Å². The first kappa shape index (κ1) is 23.6. The highest BCUT2D eigenvalue weighted by molar-refractivity contribution is 8.76. The Morgan fingerprint density at radius 3 is 1.93 bits per heavy atom. The Bertz CT molecular complexity index is 653. The van der Waals surface area contributed by atoms with Crippen LogP contribution in [-0.2, 0) is 14.3 Å². The third-order valence-corrected chi connectivity index (χ3v) is 5.06. The maximum atomic E-state index is 13.4. The molecule has 0 aliphatic rings. The topological polar surface area (TPSA) is 44.8 Å². The summed E-state index contributed by atoms with van der Waals surface area (Å²) >= 11 is 0. The van der Waals surface area contributed by atoms with E-state index in [9.17, 15) is 26.7 Å². The van der Waals surface area contributed by atoms with Crippen LogP contribution < -0.4 is 4.74 Å². The van der Waals surface area contributed by atoms with Crippen molar-refractivity contribution < 1.29 is 41.0 Å². The fourth-order valence-electron chi connectivity index (χ4n) is 1.53. The standard InChI is InChI=1S/C16H15F5O4S2/c1-2-4-23-6-8-26-27-9-7-24-5-3-10(22)25-16-14(20)12(18)11(17)13(19)15(16)21/h1H,3-9H2. The Hall–Kier alpha value is -1.48. The number of carbonyl (C=O) groups is 1. The summed E-state index contributed by atoms with van der Waals surface area (Å²) < 4.78 is 80.0. The average Bonchev–Trinajstić information content (AvgIpc) is 2.66. The number of hydrogen-bond donors (Lipinski definition) is 0. The van der Waals surface area contributed by atoms with Crippen molar-refractivity contribution in [1.82, 2.24) is 0 Å². The summed E-state index contributed by atoms with van der Waals surface area (Å²) in [4.78, 5) is 11.5. The van der Waals surface area contributed by atoms with Crippen molar-refractivity contribution in [3.8, 4) is 18.1 Å². The number of rotatable bonds is 12. The molecule has 150 valence electrons. The van der Waals surface area contributed by atoms with E-state index in [1.807, 2.05) is 0 Å². The lowest BCUT2D eigenvalue weighted by molar-refractivity contribution is -0.136. The molecular formula is C16H15F5O4S2. The molecule has 0 spiro atoms. The summed E-state index contributed by atoms with van der Waals surface area (Å²) in [5.74, 6) is -10.3. The van der Waals surface area contributed by atoms with Gasteiger partial charge in [0.1, 0.15) is 6.61 Å². The summed E-state index contributed by atoms with van der Waals surface area (Å²) in [6.07, 6.45) is 4.59. The van der Waals surface area contributed by atoms with Gasteiger partial charge in [0, 0.05) is 11.5 Å². The van der Waals surface area contributed by atoms with Crippen molar-refractivity contribution in [3.05, 3.63) is 29.1 Å². The van der Waals surface area contributed by atoms with E-state index < -0.39 is 47.2 Å². The van der Waals surface area contributed by atoms with Crippen LogP contribution in [0.15, 0.2) is 0 Å². The molecule has 1 rings (SSSR count). The lowest BCUT2D eigenvalue weighted by atomic mass is 10.2. The van der Waals surface area contributed by atoms with Crippen molar-refractivity contribution >= 4 is 27.6 Å². The Morgan fingerprint density at radius 1 is 0.852 bits per heavy atom. The van der Waals surface area contributed by atoms with Gasteiger partial charge in [-0.1, -0.05) is 27.5 Å². The van der Waals surface area contributed by atoms with Gasteiger partial charge in [0.25, 0.3) is 0 Å². The van der Waals surface area contributed by atoms with Gasteiger partial charge in [-0.05, 0) is 0 Å². The van der Waals surface area contributed by atoms with Crippen molar-refractivity contribution in [2.24, 2.45) is 0 Å². The van der Waals surface area contributed by atoms with Crippen molar-refractivity contribution in [2.45, 2.75) is 6.42 Å². The van der Waals surface area contributed by atoms with E-state index in [0.717, 1.165) is 5.75 Å². The smallest absolute Gasteiger partial charge is 0.313 e. The van der Waals surface area contributed by atoms with Crippen LogP contribution in [0, 0.1) is 41.4 Å². The zero-order valence-corrected chi connectivity index (χ0v) is 15.5. The van der Waals surface area contributed by atoms with Crippen LogP contribution >= 0.6 is 21.6 Å². The van der Waals surface area contributed by atoms with Crippen LogP contribution in [0.25, 0.3) is 0 Å². The lowest BCUT2D eigenvalue weighted by Gasteiger charge is -2.09. The first-order chi connectivity index (χ1) is 12.9. The quantitative estimate of drug-likeness (QED) is 0.0736. The molecule has 0 radical (unpaired) electrons. The summed E-state index contributed by atoms with van der Waals surface area (Å²) in [6, 6.07) is 0. The maximum Gasteiger partial charge on any atom is 0.313 e. The number of esters is 1. The molecule has 4 nitrogen and oxygen atoms in total. The summed E-state index contributed by atoms with van der Waals surface area (Å²) in [6.45, 7) is 0.936. The predicted molar refractivity (Wildman–Crippen MR) is 91.9 cm³/mol. The van der Waals surface area contributed by atoms with Gasteiger partial charge in [0.15, 0.2) is 0 Å². The van der Waals surface area contributed by atoms with E-state index in [1.54, 1.807) is 10.8 Å². The predicted octanol–water partition coefficient (Wildman–Crippen LogP) is 3.73. The van der Waals surface area contributed by atoms with Crippen LogP contribution in [0.4, 0.5) is 22.0 Å². The SMILES string of the molecule is C#CCOCCSSCCOCCC(=O)Oc1c(F)c(F)c(F)c(F)c1F. The van der Waals surface area contributed by atoms with Gasteiger partial charge in [-0.15, -0.1) is 6.42 Å². The third-order valence-electron chi connectivity index (χ3n) is 2.73. The Balaban J connectivity index is 2.23. The highest BCUT2D eigenvalue weighted by Crippen LogP contribution is 2.29. The molecule has 0 bridgehead atoms. The van der Waals surface area contributed by atoms with Gasteiger partial charge in [0.2, 0.25) is 34.8 Å². The van der Waals surface area contributed by atoms with Crippen molar-refractivity contribution in [3.63, 3.8) is 0 Å². The highest BCUT2D eigenvalue weighted by Gasteiger charge is 2.28. The fourth-order valence-corrected chi connectivity index (χ4v) is 3.25. The molecule has 0 saturated carbocycles. The summed E-state index contributed by atoms with van der Waals surface area (Å²) in [7, 11) is 3.05. The van der Waals surface area contributed by atoms with Gasteiger partial charge in [0.05, 0.1) is 26.2 Å². The average molecular weight is 430 g/mol. The monoisotopic (exact) mass is 430 g/mol. The molecule has 0 fully saturated rings. The highest BCUT2D eigenvalue weighted by atomic mass is 33.1. The van der Waals surface area contributed by atoms with E-state index in [0.29, 0.717) is 19.0 Å². The van der Waals surface area contributed by atoms with E-state index >= 15 is 0 Å². The Morgan fingerprint density at radius 2 is 1.37 bits per heavy atom. The van der Waals surface area contributed by atoms with E-state index in [-0.39, 0.29) is 13.2 Å². The molecular weight excluding hydrogens is 415 g/mol. The number of terminal acetylenes is 1. The largest absolute Gasteiger partial charge is 0.420 e. The molecule has 0 heterocycles. The molecule has 27 heavy (non-hydrogen) atoms. The second-order valence-electron chi connectivity index (χ2n) is 4.64. The number of halogens is 5. The fraction of sp³-hybridized carbons (Fsp3) is 0.438. The molecule has 1 aromatic carbocycles. The first-order valence-electron chi connectivity index (χ1n) is 7.45. The minimum absolute atomic E-state index is 0.134. The molecule has 0 aliphatic heterocycles. The number of carbonyl (C=O) groups excluding carboxylic acids is 1. The van der Waals surface area contributed by atoms with E-state index in [4.69, 9.17) is 15.9 Å². The summed E-state index contributed by atoms with van der Waals surface area (Å²) in [5, 5.41) is 0. The Labute approximate surface area is 160 Å². The lowest BCUT2D eigenvalue weighted by Crippen LogP contribution is -2.15. The van der Waals surface area contributed by atoms with E-state index in [2.05, 4.69) is 10.7 Å². The normalized spacial score (nSPS) is 10.7. The Kier molecular flexibility index (Phi) is 11.2. The number of hydrogen-bond acceptors (Lipinski definition) is 6. The maximum absolute atomic E-state index is 13.4. The van der Waals surface area contributed by atoms with Crippen molar-refractivity contribution in [2.75, 3.05) is 37.9 Å². The molecule has 0 amide bonds. The van der Waals surface area contributed by atoms with Gasteiger partial charge in [-0.3, -0.25) is 4.79 Å². The summed E-state index contributed by atoms with van der Waals surface area (Å²) in [5.41, 5.74) is 0. The van der Waals surface area contributed by atoms with Crippen molar-refractivity contribution in [1.29, 1.82) is 0 Å². The van der Waals surface area contributed by atoms with Gasteiger partial charge >= 0.3 is 5.97 Å². The molecule has 0 atom stereocenters. The minimum Gasteiger partial charge on any atom is -0.420 e. The second kappa shape index (κ2) is 12.8. The molecule has 0 aliphatic carbocycles. The number of ether oxygens (including phenoxy) is 3. The van der Waals surface area contributed by atoms with Gasteiger partial charge in [-0.2, -0.15) is 8.78 Å². The molecule has 0 unspecified atom stereocenters. The molecule has 1 aromatic rings. The third kappa shape index (κ3) is 7.96. The van der Waals surface area contributed by atoms with E-state index in [1.165, 1.54) is 10.8 Å². The second-order valence-corrected chi connectivity index (χ2v) is 7.34. The molecule has 0 saturated heterocycles. The number of benzene rings is 1. The van der Waals surface area contributed by atoms with Gasteiger partial charge in [-0.25, -0.2) is 13.2 Å². The molecule has 0 N–H and O–H groups in total. The van der Waals surface area contributed by atoms with Crippen LogP contribution in [0.1, 0.15) is 6.42 Å². The first-order valence-corrected chi connectivity index (χ1v) is 9.94. The zero-order chi connectivity index (χ0) is 20.2. The van der Waals surface area contributed by atoms with Crippen LogP contribution in [-0.4, -0.2) is 43.9 Å².